The molecule has 1 aromatic heterocycles. The minimum atomic E-state index is -5.12. The van der Waals surface area contributed by atoms with Crippen LogP contribution in [-0.4, -0.2) is 48.6 Å². The monoisotopic (exact) mass is 380 g/mol. The van der Waals surface area contributed by atoms with Crippen molar-refractivity contribution < 1.29 is 32.3 Å². The summed E-state index contributed by atoms with van der Waals surface area (Å²) < 4.78 is 42.4. The number of hydrogen-bond donors (Lipinski definition) is 1. The van der Waals surface area contributed by atoms with Gasteiger partial charge in [0.1, 0.15) is 5.00 Å². The summed E-state index contributed by atoms with van der Waals surface area (Å²) in [7, 11) is 0. The molecule has 25 heavy (non-hydrogen) atoms. The summed E-state index contributed by atoms with van der Waals surface area (Å²) >= 11 is 0.628. The second kappa shape index (κ2) is 8.32. The lowest BCUT2D eigenvalue weighted by atomic mass is 10.1. The maximum Gasteiger partial charge on any atom is 0.471 e. The van der Waals surface area contributed by atoms with Gasteiger partial charge in [0, 0.05) is 13.1 Å². The summed E-state index contributed by atoms with van der Waals surface area (Å²) in [6.45, 7) is 7.27. The molecule has 0 aliphatic rings. The number of rotatable bonds is 6. The molecule has 0 radical (unpaired) electrons. The van der Waals surface area contributed by atoms with Gasteiger partial charge in [-0.3, -0.25) is 9.59 Å². The molecule has 1 N–H and O–H groups in total. The van der Waals surface area contributed by atoms with Crippen molar-refractivity contribution in [2.45, 2.75) is 33.9 Å². The smallest absolute Gasteiger partial charge is 0.462 e. The fourth-order valence-electron chi connectivity index (χ4n) is 2.08. The lowest BCUT2D eigenvalue weighted by molar-refractivity contribution is -0.167. The van der Waals surface area contributed by atoms with Crippen molar-refractivity contribution in [1.29, 1.82) is 0 Å². The second-order valence-corrected chi connectivity index (χ2v) is 5.93. The maximum absolute atomic E-state index is 12.5. The highest BCUT2D eigenvalue weighted by atomic mass is 32.1. The predicted octanol–water partition coefficient (Wildman–Crippen LogP) is 3.22. The van der Waals surface area contributed by atoms with Crippen molar-refractivity contribution in [3.05, 3.63) is 16.0 Å². The summed E-state index contributed by atoms with van der Waals surface area (Å²) in [4.78, 5) is 37.4. The van der Waals surface area contributed by atoms with Gasteiger partial charge in [-0.05, 0) is 33.3 Å². The maximum atomic E-state index is 12.5. The summed E-state index contributed by atoms with van der Waals surface area (Å²) in [6, 6.07) is 0. The largest absolute Gasteiger partial charge is 0.471 e. The Labute approximate surface area is 146 Å². The van der Waals surface area contributed by atoms with E-state index in [4.69, 9.17) is 4.74 Å². The van der Waals surface area contributed by atoms with E-state index in [-0.39, 0.29) is 27.6 Å². The van der Waals surface area contributed by atoms with Crippen LogP contribution in [0, 0.1) is 6.92 Å². The van der Waals surface area contributed by atoms with Crippen molar-refractivity contribution in [1.82, 2.24) is 4.90 Å². The molecule has 1 rings (SSSR count). The van der Waals surface area contributed by atoms with Gasteiger partial charge in [0.15, 0.2) is 0 Å². The van der Waals surface area contributed by atoms with Gasteiger partial charge in [-0.1, -0.05) is 0 Å². The number of anilines is 1. The number of halogens is 3. The molecule has 0 atom stereocenters. The van der Waals surface area contributed by atoms with Gasteiger partial charge in [0.25, 0.3) is 5.91 Å². The minimum absolute atomic E-state index is 0.000101. The molecule has 0 aromatic carbocycles. The van der Waals surface area contributed by atoms with Crippen LogP contribution in [0.4, 0.5) is 18.2 Å². The van der Waals surface area contributed by atoms with Crippen molar-refractivity contribution in [2.75, 3.05) is 25.0 Å². The molecule has 0 unspecified atom stereocenters. The van der Waals surface area contributed by atoms with Gasteiger partial charge in [-0.2, -0.15) is 13.2 Å². The number of nitrogens with zero attached hydrogens (tertiary/aromatic N) is 1. The number of hydrogen-bond acceptors (Lipinski definition) is 5. The SMILES string of the molecule is CCOC(=O)c1c(NC(=O)C(F)(F)F)sc(C(=O)N(CC)CC)c1C. The summed E-state index contributed by atoms with van der Waals surface area (Å²) in [5.74, 6) is -3.54. The highest BCUT2D eigenvalue weighted by Crippen LogP contribution is 2.35. The Morgan fingerprint density at radius 2 is 1.72 bits per heavy atom. The minimum Gasteiger partial charge on any atom is -0.462 e. The zero-order chi connectivity index (χ0) is 19.4. The Hall–Kier alpha value is -2.10. The topological polar surface area (TPSA) is 75.7 Å². The molecule has 6 nitrogen and oxygen atoms in total. The van der Waals surface area contributed by atoms with Crippen LogP contribution in [0.15, 0.2) is 0 Å². The van der Waals surface area contributed by atoms with E-state index in [1.807, 2.05) is 0 Å². The highest BCUT2D eigenvalue weighted by molar-refractivity contribution is 7.18. The first kappa shape index (κ1) is 20.9. The number of ether oxygens (including phenoxy) is 1. The first-order valence-corrected chi connectivity index (χ1v) is 8.37. The highest BCUT2D eigenvalue weighted by Gasteiger charge is 2.40. The van der Waals surface area contributed by atoms with Crippen molar-refractivity contribution >= 4 is 34.1 Å². The molecule has 0 aliphatic carbocycles. The number of carbonyl (C=O) groups excluding carboxylic acids is 3. The lowest BCUT2D eigenvalue weighted by Crippen LogP contribution is -2.30. The van der Waals surface area contributed by atoms with Gasteiger partial charge in [-0.25, -0.2) is 4.79 Å². The zero-order valence-electron chi connectivity index (χ0n) is 14.2. The van der Waals surface area contributed by atoms with Crippen LogP contribution >= 0.6 is 11.3 Å². The van der Waals surface area contributed by atoms with Gasteiger partial charge in [0.2, 0.25) is 0 Å². The van der Waals surface area contributed by atoms with Gasteiger partial charge in [0.05, 0.1) is 17.0 Å². The molecule has 0 spiro atoms. The average molecular weight is 380 g/mol. The van der Waals surface area contributed by atoms with Crippen LogP contribution in [0.2, 0.25) is 0 Å². The summed E-state index contributed by atoms with van der Waals surface area (Å²) in [5, 5.41) is 1.31. The normalized spacial score (nSPS) is 11.2. The number of esters is 1. The standard InChI is InChI=1S/C15H19F3N2O4S/c1-5-20(6-2)12(21)10-8(4)9(13(22)24-7-3)11(25-10)19-14(23)15(16,17)18/h5-7H2,1-4H3,(H,19,23). The molecule has 140 valence electrons. The van der Waals surface area contributed by atoms with Crippen LogP contribution in [0.1, 0.15) is 46.4 Å². The zero-order valence-corrected chi connectivity index (χ0v) is 15.1. The lowest BCUT2D eigenvalue weighted by Gasteiger charge is -2.18. The van der Waals surface area contributed by atoms with E-state index in [0.717, 1.165) is 0 Å². The third-order valence-electron chi connectivity index (χ3n) is 3.36. The Morgan fingerprint density at radius 1 is 1.16 bits per heavy atom. The molecule has 0 fully saturated rings. The van der Waals surface area contributed by atoms with Gasteiger partial charge >= 0.3 is 18.1 Å². The fourth-order valence-corrected chi connectivity index (χ4v) is 3.24. The fraction of sp³-hybridized carbons (Fsp3) is 0.533. The van der Waals surface area contributed by atoms with E-state index < -0.39 is 24.0 Å². The second-order valence-electron chi connectivity index (χ2n) is 4.91. The number of alkyl halides is 3. The number of thiophene rings is 1. The van der Waals surface area contributed by atoms with Crippen LogP contribution in [0.25, 0.3) is 0 Å². The Bertz CT molecular complexity index is 666. The van der Waals surface area contributed by atoms with Crippen LogP contribution < -0.4 is 5.32 Å². The van der Waals surface area contributed by atoms with Crippen LogP contribution in [0.3, 0.4) is 0 Å². The molecule has 1 aromatic rings. The van der Waals surface area contributed by atoms with E-state index in [0.29, 0.717) is 24.4 Å². The Balaban J connectivity index is 3.39. The van der Waals surface area contributed by atoms with E-state index in [2.05, 4.69) is 0 Å². The number of nitrogens with one attached hydrogen (secondary N) is 1. The number of amides is 2. The third-order valence-corrected chi connectivity index (χ3v) is 4.55. The van der Waals surface area contributed by atoms with Gasteiger partial charge < -0.3 is 15.0 Å². The summed E-state index contributed by atoms with van der Waals surface area (Å²) in [6.07, 6.45) is -5.12. The van der Waals surface area contributed by atoms with Crippen molar-refractivity contribution in [3.63, 3.8) is 0 Å². The molecule has 10 heteroatoms. The Morgan fingerprint density at radius 3 is 2.16 bits per heavy atom. The first-order valence-electron chi connectivity index (χ1n) is 7.56. The van der Waals surface area contributed by atoms with Gasteiger partial charge in [-0.15, -0.1) is 11.3 Å². The molecular formula is C15H19F3N2O4S. The molecule has 1 heterocycles. The van der Waals surface area contributed by atoms with E-state index in [1.54, 1.807) is 19.2 Å². The van der Waals surface area contributed by atoms with Crippen molar-refractivity contribution in [2.24, 2.45) is 0 Å². The molecule has 0 aliphatic heterocycles. The summed E-state index contributed by atoms with van der Waals surface area (Å²) in [5.41, 5.74) is -0.0576. The molecule has 2 amide bonds. The van der Waals surface area contributed by atoms with Crippen LogP contribution in [-0.2, 0) is 9.53 Å². The van der Waals surface area contributed by atoms with E-state index >= 15 is 0 Å². The predicted molar refractivity (Wildman–Crippen MR) is 86.9 cm³/mol. The van der Waals surface area contributed by atoms with E-state index in [9.17, 15) is 27.6 Å². The molecule has 0 saturated heterocycles. The number of carbonyl (C=O) groups is 3. The molecule has 0 saturated carbocycles. The first-order chi connectivity index (χ1) is 11.6. The third kappa shape index (κ3) is 4.71. The van der Waals surface area contributed by atoms with E-state index in [1.165, 1.54) is 18.7 Å². The quantitative estimate of drug-likeness (QED) is 0.769. The average Bonchev–Trinajstić information content (AvgIpc) is 2.84. The van der Waals surface area contributed by atoms with Crippen LogP contribution in [0.5, 0.6) is 0 Å². The molecular weight excluding hydrogens is 361 g/mol. The molecule has 0 bridgehead atoms. The van der Waals surface area contributed by atoms with Crippen molar-refractivity contribution in [3.8, 4) is 0 Å². The Kier molecular flexibility index (Phi) is 6.97.